The number of hydrogen-bond donors (Lipinski definition) is 2. The monoisotopic (exact) mass is 265 g/mol. The number of nitrogens with one attached hydrogen (secondary N) is 1. The summed E-state index contributed by atoms with van der Waals surface area (Å²) in [7, 11) is 0. The second kappa shape index (κ2) is 7.79. The lowest BCUT2D eigenvalue weighted by Gasteiger charge is -2.23. The molecule has 0 saturated heterocycles. The van der Waals surface area contributed by atoms with E-state index in [9.17, 15) is 4.79 Å². The molecule has 1 aromatic rings. The van der Waals surface area contributed by atoms with Crippen molar-refractivity contribution in [1.29, 1.82) is 0 Å². The first-order chi connectivity index (χ1) is 9.08. The predicted molar refractivity (Wildman–Crippen MR) is 75.0 cm³/mol. The minimum absolute atomic E-state index is 0.0261. The molecule has 0 spiro atoms. The van der Waals surface area contributed by atoms with Crippen molar-refractivity contribution in [3.05, 3.63) is 30.3 Å². The van der Waals surface area contributed by atoms with Gasteiger partial charge in [-0.15, -0.1) is 0 Å². The first-order valence-corrected chi connectivity index (χ1v) is 6.71. The van der Waals surface area contributed by atoms with E-state index in [1.807, 2.05) is 51.1 Å². The van der Waals surface area contributed by atoms with Crippen molar-refractivity contribution >= 4 is 5.91 Å². The summed E-state index contributed by atoms with van der Waals surface area (Å²) in [5.74, 6) is 0.574. The summed E-state index contributed by atoms with van der Waals surface area (Å²) in [6.07, 6.45) is 0.0942. The van der Waals surface area contributed by atoms with Crippen LogP contribution < -0.4 is 10.1 Å². The Labute approximate surface area is 114 Å². The fraction of sp³-hybridized carbons (Fsp3) is 0.533. The number of aliphatic hydroxyl groups excluding tert-OH is 1. The smallest absolute Gasteiger partial charge is 0.261 e. The zero-order chi connectivity index (χ0) is 14.3. The Morgan fingerprint density at radius 1 is 1.32 bits per heavy atom. The van der Waals surface area contributed by atoms with Gasteiger partial charge in [-0.1, -0.05) is 32.0 Å². The highest BCUT2D eigenvalue weighted by molar-refractivity contribution is 5.81. The Balaban J connectivity index is 2.57. The maximum atomic E-state index is 12.1. The molecule has 0 bridgehead atoms. The van der Waals surface area contributed by atoms with Gasteiger partial charge in [0.1, 0.15) is 5.75 Å². The molecule has 2 N–H and O–H groups in total. The van der Waals surface area contributed by atoms with E-state index in [4.69, 9.17) is 9.84 Å². The van der Waals surface area contributed by atoms with Crippen molar-refractivity contribution in [3.63, 3.8) is 0 Å². The van der Waals surface area contributed by atoms with Crippen molar-refractivity contribution in [2.75, 3.05) is 6.61 Å². The van der Waals surface area contributed by atoms with Crippen LogP contribution in [0, 0.1) is 5.92 Å². The summed E-state index contributed by atoms with van der Waals surface area (Å²) >= 11 is 0. The van der Waals surface area contributed by atoms with E-state index in [0.717, 1.165) is 0 Å². The van der Waals surface area contributed by atoms with Gasteiger partial charge in [0.2, 0.25) is 0 Å². The average molecular weight is 265 g/mol. The lowest BCUT2D eigenvalue weighted by Crippen LogP contribution is -2.45. The molecule has 0 aliphatic heterocycles. The molecule has 0 radical (unpaired) electrons. The number of para-hydroxylation sites is 1. The van der Waals surface area contributed by atoms with E-state index < -0.39 is 6.10 Å². The fourth-order valence-electron chi connectivity index (χ4n) is 1.60. The standard InChI is InChI=1S/C15H23NO3/c1-4-14(19-13-8-6-5-7-9-13)15(18)16-12(3)11(2)10-17/h5-9,11-12,14,17H,4,10H2,1-3H3,(H,16,18). The quantitative estimate of drug-likeness (QED) is 0.792. The predicted octanol–water partition coefficient (Wildman–Crippen LogP) is 1.98. The van der Waals surface area contributed by atoms with Crippen LogP contribution in [0.2, 0.25) is 0 Å². The number of rotatable bonds is 7. The highest BCUT2D eigenvalue weighted by atomic mass is 16.5. The molecule has 4 nitrogen and oxygen atoms in total. The maximum Gasteiger partial charge on any atom is 0.261 e. The lowest BCUT2D eigenvalue weighted by molar-refractivity contribution is -0.129. The second-order valence-corrected chi connectivity index (χ2v) is 4.78. The third kappa shape index (κ3) is 4.91. The van der Waals surface area contributed by atoms with Gasteiger partial charge in [0.15, 0.2) is 6.10 Å². The Hall–Kier alpha value is -1.55. The third-order valence-corrected chi connectivity index (χ3v) is 3.20. The van der Waals surface area contributed by atoms with Crippen LogP contribution in [0.1, 0.15) is 27.2 Å². The molecule has 4 heteroatoms. The summed E-state index contributed by atoms with van der Waals surface area (Å²) in [5.41, 5.74) is 0. The molecular formula is C15H23NO3. The summed E-state index contributed by atoms with van der Waals surface area (Å²) in [6, 6.07) is 9.22. The molecule has 106 valence electrons. The van der Waals surface area contributed by atoms with E-state index in [1.54, 1.807) is 0 Å². The largest absolute Gasteiger partial charge is 0.481 e. The number of benzene rings is 1. The molecule has 1 aromatic carbocycles. The van der Waals surface area contributed by atoms with Gasteiger partial charge in [-0.2, -0.15) is 0 Å². The van der Waals surface area contributed by atoms with Crippen molar-refractivity contribution in [2.45, 2.75) is 39.3 Å². The molecule has 1 amide bonds. The molecule has 0 aliphatic carbocycles. The van der Waals surface area contributed by atoms with E-state index in [1.165, 1.54) is 0 Å². The van der Waals surface area contributed by atoms with Crippen LogP contribution in [0.3, 0.4) is 0 Å². The van der Waals surface area contributed by atoms with Crippen LogP contribution in [0.5, 0.6) is 5.75 Å². The zero-order valence-corrected chi connectivity index (χ0v) is 11.8. The van der Waals surface area contributed by atoms with Crippen LogP contribution in [0.4, 0.5) is 0 Å². The van der Waals surface area contributed by atoms with Gasteiger partial charge in [0, 0.05) is 12.6 Å². The summed E-state index contributed by atoms with van der Waals surface area (Å²) in [5, 5.41) is 11.9. The van der Waals surface area contributed by atoms with Gasteiger partial charge in [0.05, 0.1) is 0 Å². The summed E-state index contributed by atoms with van der Waals surface area (Å²) in [4.78, 5) is 12.1. The Morgan fingerprint density at radius 3 is 2.47 bits per heavy atom. The zero-order valence-electron chi connectivity index (χ0n) is 11.8. The van der Waals surface area contributed by atoms with Gasteiger partial charge < -0.3 is 15.2 Å². The molecule has 0 aromatic heterocycles. The third-order valence-electron chi connectivity index (χ3n) is 3.20. The van der Waals surface area contributed by atoms with Crippen molar-refractivity contribution in [2.24, 2.45) is 5.92 Å². The number of carbonyl (C=O) groups excluding carboxylic acids is 1. The molecule has 3 unspecified atom stereocenters. The SMILES string of the molecule is CCC(Oc1ccccc1)C(=O)NC(C)C(C)CO. The van der Waals surface area contributed by atoms with Gasteiger partial charge in [0.25, 0.3) is 5.91 Å². The highest BCUT2D eigenvalue weighted by Crippen LogP contribution is 2.13. The minimum atomic E-state index is -0.504. The number of aliphatic hydroxyl groups is 1. The summed E-state index contributed by atoms with van der Waals surface area (Å²) in [6.45, 7) is 5.74. The molecular weight excluding hydrogens is 242 g/mol. The lowest BCUT2D eigenvalue weighted by atomic mass is 10.0. The first kappa shape index (κ1) is 15.5. The normalized spacial score (nSPS) is 15.4. The number of hydrogen-bond acceptors (Lipinski definition) is 3. The Kier molecular flexibility index (Phi) is 6.36. The van der Waals surface area contributed by atoms with Crippen LogP contribution in [-0.2, 0) is 4.79 Å². The fourth-order valence-corrected chi connectivity index (χ4v) is 1.60. The molecule has 1 rings (SSSR count). The average Bonchev–Trinajstić information content (AvgIpc) is 2.44. The van der Waals surface area contributed by atoms with Crippen LogP contribution in [0.15, 0.2) is 30.3 Å². The molecule has 0 saturated carbocycles. The first-order valence-electron chi connectivity index (χ1n) is 6.71. The van der Waals surface area contributed by atoms with Gasteiger partial charge in [-0.3, -0.25) is 4.79 Å². The van der Waals surface area contributed by atoms with E-state index in [-0.39, 0.29) is 24.5 Å². The molecule has 0 fully saturated rings. The number of carbonyl (C=O) groups is 1. The van der Waals surface area contributed by atoms with Crippen LogP contribution in [-0.4, -0.2) is 29.8 Å². The summed E-state index contributed by atoms with van der Waals surface area (Å²) < 4.78 is 5.67. The van der Waals surface area contributed by atoms with Crippen LogP contribution in [0.25, 0.3) is 0 Å². The van der Waals surface area contributed by atoms with E-state index in [0.29, 0.717) is 12.2 Å². The van der Waals surface area contributed by atoms with Crippen molar-refractivity contribution < 1.29 is 14.6 Å². The van der Waals surface area contributed by atoms with Gasteiger partial charge in [-0.25, -0.2) is 0 Å². The van der Waals surface area contributed by atoms with E-state index >= 15 is 0 Å². The maximum absolute atomic E-state index is 12.1. The van der Waals surface area contributed by atoms with Crippen molar-refractivity contribution in [1.82, 2.24) is 5.32 Å². The Bertz CT molecular complexity index is 380. The highest BCUT2D eigenvalue weighted by Gasteiger charge is 2.22. The minimum Gasteiger partial charge on any atom is -0.481 e. The van der Waals surface area contributed by atoms with Gasteiger partial charge in [-0.05, 0) is 31.4 Å². The second-order valence-electron chi connectivity index (χ2n) is 4.78. The molecule has 0 heterocycles. The van der Waals surface area contributed by atoms with E-state index in [2.05, 4.69) is 5.32 Å². The Morgan fingerprint density at radius 2 is 1.95 bits per heavy atom. The molecule has 0 aliphatic rings. The van der Waals surface area contributed by atoms with Gasteiger partial charge >= 0.3 is 0 Å². The van der Waals surface area contributed by atoms with Crippen LogP contribution >= 0.6 is 0 Å². The number of ether oxygens (including phenoxy) is 1. The topological polar surface area (TPSA) is 58.6 Å². The molecule has 3 atom stereocenters. The molecule has 19 heavy (non-hydrogen) atoms. The number of amides is 1. The van der Waals surface area contributed by atoms with Crippen molar-refractivity contribution in [3.8, 4) is 5.75 Å².